The highest BCUT2D eigenvalue weighted by Crippen LogP contribution is 2.30. The van der Waals surface area contributed by atoms with Gasteiger partial charge in [-0.1, -0.05) is 37.3 Å². The Hall–Kier alpha value is -0.860. The van der Waals surface area contributed by atoms with Crippen molar-refractivity contribution in [2.45, 2.75) is 57.2 Å². The summed E-state index contributed by atoms with van der Waals surface area (Å²) in [7, 11) is 4.40. The summed E-state index contributed by atoms with van der Waals surface area (Å²) in [5.74, 6) is 0. The fraction of sp³-hybridized carbons (Fsp3) is 0.647. The topological polar surface area (TPSA) is 15.3 Å². The average molecular weight is 260 g/mol. The summed E-state index contributed by atoms with van der Waals surface area (Å²) in [6.45, 7) is 2.30. The molecule has 1 atom stereocenters. The van der Waals surface area contributed by atoms with Gasteiger partial charge in [0.2, 0.25) is 0 Å². The molecule has 2 heteroatoms. The highest BCUT2D eigenvalue weighted by atomic mass is 15.2. The Morgan fingerprint density at radius 2 is 1.79 bits per heavy atom. The molecule has 106 valence electrons. The summed E-state index contributed by atoms with van der Waals surface area (Å²) in [5, 5.41) is 3.42. The maximum absolute atomic E-state index is 3.42. The van der Waals surface area contributed by atoms with Gasteiger partial charge in [-0.05, 0) is 51.8 Å². The highest BCUT2D eigenvalue weighted by molar-refractivity contribution is 5.19. The van der Waals surface area contributed by atoms with Gasteiger partial charge in [0, 0.05) is 18.1 Å². The first kappa shape index (κ1) is 14.5. The van der Waals surface area contributed by atoms with Crippen LogP contribution >= 0.6 is 0 Å². The Kier molecular flexibility index (Phi) is 5.41. The Bertz CT molecular complexity index is 355. The molecule has 0 heterocycles. The lowest BCUT2D eigenvalue weighted by Gasteiger charge is -2.39. The van der Waals surface area contributed by atoms with E-state index in [1.807, 2.05) is 0 Å². The molecule has 1 N–H and O–H groups in total. The minimum atomic E-state index is 0.567. The van der Waals surface area contributed by atoms with Crippen LogP contribution in [0.5, 0.6) is 0 Å². The van der Waals surface area contributed by atoms with E-state index in [0.29, 0.717) is 6.04 Å². The van der Waals surface area contributed by atoms with E-state index < -0.39 is 0 Å². The second-order valence-electron chi connectivity index (χ2n) is 5.79. The number of nitrogens with zero attached hydrogens (tertiary/aromatic N) is 1. The van der Waals surface area contributed by atoms with Crippen LogP contribution in [0.25, 0.3) is 0 Å². The molecule has 19 heavy (non-hydrogen) atoms. The van der Waals surface area contributed by atoms with E-state index in [1.165, 1.54) is 37.7 Å². The molecule has 1 aliphatic rings. The van der Waals surface area contributed by atoms with Crippen LogP contribution in [-0.4, -0.2) is 31.1 Å². The zero-order valence-corrected chi connectivity index (χ0v) is 12.6. The standard InChI is InChI=1S/C17H28N2/c1-4-17(14-8-6-5-7-9-14)19(3)16-12-10-15(18-2)11-13-16/h5-9,15-18H,4,10-13H2,1-3H3. The first-order chi connectivity index (χ1) is 9.26. The van der Waals surface area contributed by atoms with Crippen LogP contribution in [0, 0.1) is 0 Å². The van der Waals surface area contributed by atoms with Gasteiger partial charge in [-0.2, -0.15) is 0 Å². The SMILES string of the molecule is CCC(c1ccccc1)N(C)C1CCC(NC)CC1. The first-order valence-electron chi connectivity index (χ1n) is 7.70. The third kappa shape index (κ3) is 3.58. The molecule has 1 aliphatic carbocycles. The summed E-state index contributed by atoms with van der Waals surface area (Å²) in [6.07, 6.45) is 6.47. The summed E-state index contributed by atoms with van der Waals surface area (Å²) in [6, 6.07) is 13.0. The van der Waals surface area contributed by atoms with E-state index in [4.69, 9.17) is 0 Å². The molecule has 0 aliphatic heterocycles. The van der Waals surface area contributed by atoms with Crippen molar-refractivity contribution >= 4 is 0 Å². The van der Waals surface area contributed by atoms with Crippen molar-refractivity contribution in [3.8, 4) is 0 Å². The summed E-state index contributed by atoms with van der Waals surface area (Å²) < 4.78 is 0. The average Bonchev–Trinajstić information content (AvgIpc) is 2.49. The van der Waals surface area contributed by atoms with Crippen LogP contribution in [0.1, 0.15) is 50.6 Å². The van der Waals surface area contributed by atoms with Crippen molar-refractivity contribution < 1.29 is 0 Å². The smallest absolute Gasteiger partial charge is 0.0345 e. The van der Waals surface area contributed by atoms with Crippen molar-refractivity contribution in [2.24, 2.45) is 0 Å². The van der Waals surface area contributed by atoms with Gasteiger partial charge in [-0.3, -0.25) is 4.90 Å². The summed E-state index contributed by atoms with van der Waals surface area (Å²) in [4.78, 5) is 2.61. The van der Waals surface area contributed by atoms with Crippen molar-refractivity contribution in [3.63, 3.8) is 0 Å². The van der Waals surface area contributed by atoms with Crippen LogP contribution in [0.15, 0.2) is 30.3 Å². The second-order valence-corrected chi connectivity index (χ2v) is 5.79. The highest BCUT2D eigenvalue weighted by Gasteiger charge is 2.27. The summed E-state index contributed by atoms with van der Waals surface area (Å²) >= 11 is 0. The Morgan fingerprint density at radius 1 is 1.16 bits per heavy atom. The van der Waals surface area contributed by atoms with Gasteiger partial charge in [0.1, 0.15) is 0 Å². The lowest BCUT2D eigenvalue weighted by molar-refractivity contribution is 0.124. The zero-order chi connectivity index (χ0) is 13.7. The molecule has 2 nitrogen and oxygen atoms in total. The maximum Gasteiger partial charge on any atom is 0.0345 e. The number of hydrogen-bond acceptors (Lipinski definition) is 2. The number of hydrogen-bond donors (Lipinski definition) is 1. The Morgan fingerprint density at radius 3 is 2.32 bits per heavy atom. The number of nitrogens with one attached hydrogen (secondary N) is 1. The van der Waals surface area contributed by atoms with E-state index in [9.17, 15) is 0 Å². The molecule has 0 bridgehead atoms. The maximum atomic E-state index is 3.42. The van der Waals surface area contributed by atoms with Crippen molar-refractivity contribution in [2.75, 3.05) is 14.1 Å². The second kappa shape index (κ2) is 7.06. The van der Waals surface area contributed by atoms with Gasteiger partial charge in [0.15, 0.2) is 0 Å². The van der Waals surface area contributed by atoms with Gasteiger partial charge >= 0.3 is 0 Å². The molecule has 2 rings (SSSR count). The molecule has 0 saturated heterocycles. The van der Waals surface area contributed by atoms with Crippen molar-refractivity contribution in [1.29, 1.82) is 0 Å². The van der Waals surface area contributed by atoms with Gasteiger partial charge in [0.05, 0.1) is 0 Å². The molecule has 1 aromatic carbocycles. The monoisotopic (exact) mass is 260 g/mol. The van der Waals surface area contributed by atoms with Crippen LogP contribution in [0.4, 0.5) is 0 Å². The first-order valence-corrected chi connectivity index (χ1v) is 7.70. The van der Waals surface area contributed by atoms with E-state index in [1.54, 1.807) is 0 Å². The molecular weight excluding hydrogens is 232 g/mol. The van der Waals surface area contributed by atoms with Gasteiger partial charge in [-0.15, -0.1) is 0 Å². The number of benzene rings is 1. The molecule has 0 amide bonds. The predicted molar refractivity (Wildman–Crippen MR) is 82.3 cm³/mol. The molecule has 1 saturated carbocycles. The molecule has 0 spiro atoms. The molecule has 0 aromatic heterocycles. The zero-order valence-electron chi connectivity index (χ0n) is 12.6. The van der Waals surface area contributed by atoms with Crippen LogP contribution in [0.3, 0.4) is 0 Å². The third-order valence-electron chi connectivity index (χ3n) is 4.74. The van der Waals surface area contributed by atoms with Gasteiger partial charge in [-0.25, -0.2) is 0 Å². The Balaban J connectivity index is 1.99. The van der Waals surface area contributed by atoms with E-state index >= 15 is 0 Å². The van der Waals surface area contributed by atoms with Gasteiger partial charge < -0.3 is 5.32 Å². The van der Waals surface area contributed by atoms with Gasteiger partial charge in [0.25, 0.3) is 0 Å². The predicted octanol–water partition coefficient (Wildman–Crippen LogP) is 3.60. The lowest BCUT2D eigenvalue weighted by atomic mass is 9.88. The molecule has 0 radical (unpaired) electrons. The Labute approximate surface area is 118 Å². The van der Waals surface area contributed by atoms with Crippen molar-refractivity contribution in [3.05, 3.63) is 35.9 Å². The fourth-order valence-corrected chi connectivity index (χ4v) is 3.46. The molecule has 1 aromatic rings. The molecule has 1 unspecified atom stereocenters. The van der Waals surface area contributed by atoms with E-state index in [2.05, 4.69) is 61.6 Å². The van der Waals surface area contributed by atoms with Crippen molar-refractivity contribution in [1.82, 2.24) is 10.2 Å². The number of rotatable bonds is 5. The fourth-order valence-electron chi connectivity index (χ4n) is 3.46. The minimum Gasteiger partial charge on any atom is -0.317 e. The van der Waals surface area contributed by atoms with Crippen LogP contribution in [-0.2, 0) is 0 Å². The lowest BCUT2D eigenvalue weighted by Crippen LogP contribution is -2.41. The summed E-state index contributed by atoms with van der Waals surface area (Å²) in [5.41, 5.74) is 1.46. The largest absolute Gasteiger partial charge is 0.317 e. The molecule has 1 fully saturated rings. The van der Waals surface area contributed by atoms with Crippen LogP contribution in [0.2, 0.25) is 0 Å². The molecular formula is C17H28N2. The van der Waals surface area contributed by atoms with E-state index in [0.717, 1.165) is 12.1 Å². The normalized spacial score (nSPS) is 25.5. The minimum absolute atomic E-state index is 0.567. The van der Waals surface area contributed by atoms with Crippen LogP contribution < -0.4 is 5.32 Å². The van der Waals surface area contributed by atoms with E-state index in [-0.39, 0.29) is 0 Å². The quantitative estimate of drug-likeness (QED) is 0.870. The third-order valence-corrected chi connectivity index (χ3v) is 4.74.